The van der Waals surface area contributed by atoms with Gasteiger partial charge in [-0.1, -0.05) is 0 Å². The van der Waals surface area contributed by atoms with Crippen LogP contribution in [0.15, 0.2) is 12.1 Å². The van der Waals surface area contributed by atoms with E-state index >= 15 is 0 Å². The molecule has 1 unspecified atom stereocenters. The van der Waals surface area contributed by atoms with Crippen LogP contribution in [0.5, 0.6) is 5.75 Å². The molecule has 4 nitrogen and oxygen atoms in total. The molecule has 17 heavy (non-hydrogen) atoms. The summed E-state index contributed by atoms with van der Waals surface area (Å²) in [5, 5.41) is 8.67. The molecule has 3 N–H and O–H groups in total. The third kappa shape index (κ3) is 3.13. The monoisotopic (exact) mass is 245 g/mol. The molecular weight excluding hydrogens is 232 g/mol. The van der Waals surface area contributed by atoms with Crippen molar-refractivity contribution in [2.45, 2.75) is 19.1 Å². The van der Waals surface area contributed by atoms with Crippen LogP contribution in [0.3, 0.4) is 0 Å². The van der Waals surface area contributed by atoms with Gasteiger partial charge in [-0.05, 0) is 23.3 Å². The summed E-state index contributed by atoms with van der Waals surface area (Å²) >= 11 is 0. The molecule has 1 aromatic rings. The molecule has 6 heteroatoms. The molecule has 1 atom stereocenters. The number of carbonyl (C=O) groups is 1. The second-order valence-corrected chi connectivity index (χ2v) is 3.55. The smallest absolute Gasteiger partial charge is 0.320 e. The topological polar surface area (TPSA) is 72.5 Å². The van der Waals surface area contributed by atoms with Crippen molar-refractivity contribution in [3.63, 3.8) is 0 Å². The predicted molar refractivity (Wildman–Crippen MR) is 57.1 cm³/mol. The summed E-state index contributed by atoms with van der Waals surface area (Å²) in [5.74, 6) is -2.03. The summed E-state index contributed by atoms with van der Waals surface area (Å²) in [6.07, 6.45) is -0.122. The van der Waals surface area contributed by atoms with Crippen molar-refractivity contribution in [3.8, 4) is 5.75 Å². The van der Waals surface area contributed by atoms with E-state index in [1.807, 2.05) is 0 Å². The first kappa shape index (κ1) is 13.4. The Morgan fingerprint density at radius 3 is 2.71 bits per heavy atom. The van der Waals surface area contributed by atoms with Gasteiger partial charge in [0, 0.05) is 6.42 Å². The number of methoxy groups -OCH3 is 1. The summed E-state index contributed by atoms with van der Waals surface area (Å²) < 4.78 is 30.7. The Morgan fingerprint density at radius 1 is 1.59 bits per heavy atom. The quantitative estimate of drug-likeness (QED) is 0.819. The van der Waals surface area contributed by atoms with Crippen LogP contribution in [0, 0.1) is 5.82 Å². The number of hydrogen-bond acceptors (Lipinski definition) is 3. The van der Waals surface area contributed by atoms with Crippen LogP contribution in [0.2, 0.25) is 0 Å². The van der Waals surface area contributed by atoms with Gasteiger partial charge in [0.2, 0.25) is 0 Å². The maximum atomic E-state index is 13.5. The van der Waals surface area contributed by atoms with E-state index < -0.39 is 24.5 Å². The molecule has 0 heterocycles. The fraction of sp³-hybridized carbons (Fsp3) is 0.364. The second-order valence-electron chi connectivity index (χ2n) is 3.55. The Bertz CT molecular complexity index is 423. The Morgan fingerprint density at radius 2 is 2.24 bits per heavy atom. The number of ether oxygens (including phenoxy) is 1. The lowest BCUT2D eigenvalue weighted by Gasteiger charge is -2.13. The number of halogens is 2. The highest BCUT2D eigenvalue weighted by molar-refractivity contribution is 5.73. The SMILES string of the molecule is COc1c(F)cc(CF)cc1CC(N)C(=O)O. The van der Waals surface area contributed by atoms with Crippen molar-refractivity contribution in [1.82, 2.24) is 0 Å². The number of hydrogen-bond donors (Lipinski definition) is 2. The average Bonchev–Trinajstić information content (AvgIpc) is 2.28. The number of rotatable bonds is 5. The molecule has 0 bridgehead atoms. The van der Waals surface area contributed by atoms with E-state index in [4.69, 9.17) is 15.6 Å². The number of nitrogens with two attached hydrogens (primary N) is 1. The van der Waals surface area contributed by atoms with Gasteiger partial charge in [-0.15, -0.1) is 0 Å². The van der Waals surface area contributed by atoms with Gasteiger partial charge in [-0.25, -0.2) is 8.78 Å². The third-order valence-corrected chi connectivity index (χ3v) is 2.30. The highest BCUT2D eigenvalue weighted by atomic mass is 19.1. The fourth-order valence-electron chi connectivity index (χ4n) is 1.49. The normalized spacial score (nSPS) is 12.2. The van der Waals surface area contributed by atoms with Crippen molar-refractivity contribution < 1.29 is 23.4 Å². The Hall–Kier alpha value is -1.69. The third-order valence-electron chi connectivity index (χ3n) is 2.30. The minimum Gasteiger partial charge on any atom is -0.493 e. The lowest BCUT2D eigenvalue weighted by molar-refractivity contribution is -0.138. The summed E-state index contributed by atoms with van der Waals surface area (Å²) in [6.45, 7) is -0.837. The Labute approximate surface area is 97.0 Å². The number of aliphatic carboxylic acids is 1. The van der Waals surface area contributed by atoms with Gasteiger partial charge in [0.15, 0.2) is 11.6 Å². The van der Waals surface area contributed by atoms with Gasteiger partial charge in [-0.2, -0.15) is 0 Å². The van der Waals surface area contributed by atoms with Gasteiger partial charge in [-0.3, -0.25) is 4.79 Å². The summed E-state index contributed by atoms with van der Waals surface area (Å²) in [5.41, 5.74) is 5.71. The van der Waals surface area contributed by atoms with E-state index in [1.165, 1.54) is 13.2 Å². The van der Waals surface area contributed by atoms with Gasteiger partial charge in [0.1, 0.15) is 12.7 Å². The van der Waals surface area contributed by atoms with Crippen LogP contribution in [0.4, 0.5) is 8.78 Å². The molecule has 1 aromatic carbocycles. The van der Waals surface area contributed by atoms with E-state index in [0.29, 0.717) is 0 Å². The molecule has 1 rings (SSSR count). The lowest BCUT2D eigenvalue weighted by Crippen LogP contribution is -2.32. The summed E-state index contributed by atoms with van der Waals surface area (Å²) in [4.78, 5) is 10.6. The molecule has 0 spiro atoms. The van der Waals surface area contributed by atoms with Gasteiger partial charge < -0.3 is 15.6 Å². The van der Waals surface area contributed by atoms with Crippen LogP contribution >= 0.6 is 0 Å². The van der Waals surface area contributed by atoms with E-state index in [-0.39, 0.29) is 23.3 Å². The molecule has 94 valence electrons. The van der Waals surface area contributed by atoms with E-state index in [1.54, 1.807) is 0 Å². The maximum Gasteiger partial charge on any atom is 0.320 e. The second kappa shape index (κ2) is 5.58. The zero-order chi connectivity index (χ0) is 13.0. The first-order chi connectivity index (χ1) is 7.99. The molecular formula is C11H13F2NO3. The molecule has 0 radical (unpaired) electrons. The minimum absolute atomic E-state index is 0.0982. The van der Waals surface area contributed by atoms with Crippen molar-refractivity contribution >= 4 is 5.97 Å². The average molecular weight is 245 g/mol. The van der Waals surface area contributed by atoms with Crippen molar-refractivity contribution in [3.05, 3.63) is 29.1 Å². The molecule has 0 amide bonds. The van der Waals surface area contributed by atoms with Crippen molar-refractivity contribution in [2.24, 2.45) is 5.73 Å². The fourth-order valence-corrected chi connectivity index (χ4v) is 1.49. The summed E-state index contributed by atoms with van der Waals surface area (Å²) in [6, 6.07) is 1.18. The highest BCUT2D eigenvalue weighted by Crippen LogP contribution is 2.26. The standard InChI is InChI=1S/C11H13F2NO3/c1-17-10-7(4-9(14)11(15)16)2-6(5-12)3-8(10)13/h2-3,9H,4-5,14H2,1H3,(H,15,16). The molecule has 0 fully saturated rings. The van der Waals surface area contributed by atoms with Crippen LogP contribution in [0.25, 0.3) is 0 Å². The minimum atomic E-state index is -1.21. The zero-order valence-corrected chi connectivity index (χ0v) is 9.24. The van der Waals surface area contributed by atoms with Crippen LogP contribution < -0.4 is 10.5 Å². The molecule has 0 saturated carbocycles. The lowest BCUT2D eigenvalue weighted by atomic mass is 10.0. The Balaban J connectivity index is 3.11. The molecule has 0 saturated heterocycles. The molecule has 0 aliphatic rings. The van der Waals surface area contributed by atoms with Crippen LogP contribution in [-0.4, -0.2) is 24.2 Å². The largest absolute Gasteiger partial charge is 0.493 e. The van der Waals surface area contributed by atoms with E-state index in [9.17, 15) is 13.6 Å². The number of alkyl halides is 1. The van der Waals surface area contributed by atoms with E-state index in [2.05, 4.69) is 0 Å². The first-order valence-electron chi connectivity index (χ1n) is 4.89. The van der Waals surface area contributed by atoms with Gasteiger partial charge >= 0.3 is 5.97 Å². The number of carboxylic acid groups (broad SMARTS) is 1. The van der Waals surface area contributed by atoms with Crippen molar-refractivity contribution in [1.29, 1.82) is 0 Å². The summed E-state index contributed by atoms with van der Waals surface area (Å²) in [7, 11) is 1.25. The van der Waals surface area contributed by atoms with Crippen LogP contribution in [0.1, 0.15) is 11.1 Å². The Kier molecular flexibility index (Phi) is 4.39. The molecule has 0 aliphatic carbocycles. The number of carboxylic acids is 1. The van der Waals surface area contributed by atoms with Gasteiger partial charge in [0.05, 0.1) is 7.11 Å². The van der Waals surface area contributed by atoms with E-state index in [0.717, 1.165) is 6.07 Å². The zero-order valence-electron chi connectivity index (χ0n) is 9.24. The van der Waals surface area contributed by atoms with Gasteiger partial charge in [0.25, 0.3) is 0 Å². The molecule has 0 aliphatic heterocycles. The number of benzene rings is 1. The highest BCUT2D eigenvalue weighted by Gasteiger charge is 2.18. The maximum absolute atomic E-state index is 13.5. The first-order valence-corrected chi connectivity index (χ1v) is 4.89. The predicted octanol–water partition coefficient (Wildman–Crippen LogP) is 1.26. The molecule has 0 aromatic heterocycles. The van der Waals surface area contributed by atoms with Crippen LogP contribution in [-0.2, 0) is 17.9 Å². The van der Waals surface area contributed by atoms with Crippen molar-refractivity contribution in [2.75, 3.05) is 7.11 Å².